The molecule has 7 nitrogen and oxygen atoms in total. The topological polar surface area (TPSA) is 94.9 Å². The zero-order chi connectivity index (χ0) is 21.0. The van der Waals surface area contributed by atoms with Gasteiger partial charge in [0, 0.05) is 30.8 Å². The predicted octanol–water partition coefficient (Wildman–Crippen LogP) is 1.18. The zero-order valence-corrected chi connectivity index (χ0v) is 17.4. The molecule has 1 aromatic rings. The summed E-state index contributed by atoms with van der Waals surface area (Å²) in [4.78, 5) is 19.3. The molecule has 0 aromatic carbocycles. The van der Waals surface area contributed by atoms with Crippen molar-refractivity contribution in [2.45, 2.75) is 57.3 Å². The Morgan fingerprint density at radius 2 is 2.17 bits per heavy atom. The molecule has 0 unspecified atom stereocenters. The molecule has 2 heterocycles. The molecule has 0 spiro atoms. The van der Waals surface area contributed by atoms with Gasteiger partial charge < -0.3 is 25.2 Å². The number of nitrogens with one attached hydrogen (secondary N) is 1. The number of carbonyl (C=O) groups is 1. The maximum atomic E-state index is 13.3. The summed E-state index contributed by atoms with van der Waals surface area (Å²) in [5, 5.41) is 23.2. The second kappa shape index (κ2) is 9.12. The van der Waals surface area contributed by atoms with Crippen LogP contribution in [0.4, 0.5) is 0 Å². The van der Waals surface area contributed by atoms with E-state index >= 15 is 0 Å². The molecule has 1 aliphatic heterocycles. The maximum absolute atomic E-state index is 13.3. The largest absolute Gasteiger partial charge is 0.472 e. The van der Waals surface area contributed by atoms with Crippen LogP contribution in [0.25, 0.3) is 0 Å². The highest BCUT2D eigenvalue weighted by molar-refractivity contribution is 5.97. The number of aromatic nitrogens is 1. The minimum absolute atomic E-state index is 0.0615. The minimum Gasteiger partial charge on any atom is -0.472 e. The van der Waals surface area contributed by atoms with E-state index in [0.29, 0.717) is 37.1 Å². The first-order valence-corrected chi connectivity index (χ1v) is 10.4. The maximum Gasteiger partial charge on any atom is 0.259 e. The Hall–Kier alpha value is -2.14. The van der Waals surface area contributed by atoms with Crippen LogP contribution in [0.5, 0.6) is 5.88 Å². The smallest absolute Gasteiger partial charge is 0.259 e. The number of fused-ring (bicyclic) bond motifs is 1. The number of pyridine rings is 1. The molecule has 1 saturated carbocycles. The van der Waals surface area contributed by atoms with Gasteiger partial charge in [0.15, 0.2) is 0 Å². The highest BCUT2D eigenvalue weighted by Crippen LogP contribution is 2.29. The van der Waals surface area contributed by atoms with Crippen LogP contribution >= 0.6 is 0 Å². The molecule has 1 aromatic heterocycles. The van der Waals surface area contributed by atoms with Crippen molar-refractivity contribution in [3.8, 4) is 17.7 Å². The fourth-order valence-corrected chi connectivity index (χ4v) is 3.89. The van der Waals surface area contributed by atoms with Gasteiger partial charge in [0.05, 0.1) is 12.6 Å². The van der Waals surface area contributed by atoms with E-state index in [-0.39, 0.29) is 36.5 Å². The SMILES string of the molecule is CNC[C@@H]1Oc2ncc(C#CC3(O)CCCC3)cc2C(=O)N([C@@H](C)CO)C[C@H]1C. The zero-order valence-electron chi connectivity index (χ0n) is 17.4. The van der Waals surface area contributed by atoms with Crippen molar-refractivity contribution >= 4 is 5.91 Å². The third kappa shape index (κ3) is 4.89. The van der Waals surface area contributed by atoms with Gasteiger partial charge in [-0.25, -0.2) is 4.98 Å². The molecular formula is C22H31N3O4. The number of rotatable bonds is 4. The monoisotopic (exact) mass is 401 g/mol. The minimum atomic E-state index is -0.949. The average Bonchev–Trinajstić information content (AvgIpc) is 3.15. The normalized spacial score (nSPS) is 24.6. The molecule has 2 aliphatic rings. The van der Waals surface area contributed by atoms with Gasteiger partial charge in [0.1, 0.15) is 17.3 Å². The number of aliphatic hydroxyl groups excluding tert-OH is 1. The molecule has 3 atom stereocenters. The summed E-state index contributed by atoms with van der Waals surface area (Å²) in [5.74, 6) is 6.05. The first kappa shape index (κ1) is 21.6. The molecule has 1 amide bonds. The third-order valence-electron chi connectivity index (χ3n) is 5.80. The quantitative estimate of drug-likeness (QED) is 0.656. The summed E-state index contributed by atoms with van der Waals surface area (Å²) in [6, 6.07) is 1.36. The van der Waals surface area contributed by atoms with Crippen molar-refractivity contribution in [2.75, 3.05) is 26.7 Å². The van der Waals surface area contributed by atoms with Crippen LogP contribution in [0.15, 0.2) is 12.3 Å². The van der Waals surface area contributed by atoms with E-state index in [9.17, 15) is 15.0 Å². The molecule has 1 aliphatic carbocycles. The van der Waals surface area contributed by atoms with Gasteiger partial charge >= 0.3 is 0 Å². The number of hydrogen-bond acceptors (Lipinski definition) is 6. The Balaban J connectivity index is 1.98. The number of hydrogen-bond donors (Lipinski definition) is 3. The van der Waals surface area contributed by atoms with Crippen LogP contribution < -0.4 is 10.1 Å². The summed E-state index contributed by atoms with van der Waals surface area (Å²) in [7, 11) is 1.86. The van der Waals surface area contributed by atoms with Gasteiger partial charge in [-0.15, -0.1) is 0 Å². The van der Waals surface area contributed by atoms with Crippen molar-refractivity contribution in [3.63, 3.8) is 0 Å². The Bertz CT molecular complexity index is 795. The van der Waals surface area contributed by atoms with Crippen LogP contribution in [0.3, 0.4) is 0 Å². The standard InChI is InChI=1S/C22H31N3O4/c1-15-13-25(16(2)14-26)21(27)18-10-17(6-9-22(28)7-4-5-8-22)11-24-20(18)29-19(15)12-23-3/h10-11,15-16,19,23,26,28H,4-5,7-8,12-14H2,1-3H3/t15-,16+,19+/m1/s1. The second-order valence-corrected chi connectivity index (χ2v) is 8.25. The first-order chi connectivity index (χ1) is 13.9. The van der Waals surface area contributed by atoms with E-state index in [1.54, 1.807) is 17.2 Å². The third-order valence-corrected chi connectivity index (χ3v) is 5.80. The fraction of sp³-hybridized carbons (Fsp3) is 0.636. The molecule has 0 radical (unpaired) electrons. The number of likely N-dealkylation sites (N-methyl/N-ethyl adjacent to an activating group) is 1. The van der Waals surface area contributed by atoms with Crippen LogP contribution in [0.1, 0.15) is 55.5 Å². The molecule has 3 rings (SSSR count). The lowest BCUT2D eigenvalue weighted by atomic mass is 10.00. The molecular weight excluding hydrogens is 370 g/mol. The van der Waals surface area contributed by atoms with Crippen LogP contribution in [-0.2, 0) is 0 Å². The van der Waals surface area contributed by atoms with Crippen LogP contribution in [0, 0.1) is 17.8 Å². The summed E-state index contributed by atoms with van der Waals surface area (Å²) >= 11 is 0. The van der Waals surface area contributed by atoms with E-state index in [1.165, 1.54) is 0 Å². The van der Waals surface area contributed by atoms with E-state index in [1.807, 2.05) is 20.9 Å². The number of amides is 1. The number of nitrogens with zero attached hydrogens (tertiary/aromatic N) is 2. The Morgan fingerprint density at radius 1 is 1.45 bits per heavy atom. The van der Waals surface area contributed by atoms with E-state index in [0.717, 1.165) is 12.8 Å². The number of aliphatic hydroxyl groups is 2. The lowest BCUT2D eigenvalue weighted by Crippen LogP contribution is -2.49. The van der Waals surface area contributed by atoms with Crippen molar-refractivity contribution in [2.24, 2.45) is 5.92 Å². The lowest BCUT2D eigenvalue weighted by molar-refractivity contribution is 0.0404. The summed E-state index contributed by atoms with van der Waals surface area (Å²) in [6.45, 7) is 4.83. The molecule has 0 bridgehead atoms. The van der Waals surface area contributed by atoms with Crippen molar-refractivity contribution in [1.29, 1.82) is 0 Å². The van der Waals surface area contributed by atoms with Gasteiger partial charge in [0.25, 0.3) is 5.91 Å². The van der Waals surface area contributed by atoms with Gasteiger partial charge in [0.2, 0.25) is 5.88 Å². The summed E-state index contributed by atoms with van der Waals surface area (Å²) < 4.78 is 6.09. The summed E-state index contributed by atoms with van der Waals surface area (Å²) in [5.41, 5.74) is -0.0462. The number of carbonyl (C=O) groups excluding carboxylic acids is 1. The first-order valence-electron chi connectivity index (χ1n) is 10.4. The van der Waals surface area contributed by atoms with E-state index in [2.05, 4.69) is 22.1 Å². The van der Waals surface area contributed by atoms with Gasteiger partial charge in [-0.1, -0.05) is 18.8 Å². The molecule has 7 heteroatoms. The van der Waals surface area contributed by atoms with E-state index < -0.39 is 5.60 Å². The molecule has 158 valence electrons. The fourth-order valence-electron chi connectivity index (χ4n) is 3.89. The Labute approximate surface area is 172 Å². The Kier molecular flexibility index (Phi) is 6.78. The van der Waals surface area contributed by atoms with E-state index in [4.69, 9.17) is 4.74 Å². The van der Waals surface area contributed by atoms with Gasteiger partial charge in [-0.2, -0.15) is 0 Å². The van der Waals surface area contributed by atoms with Crippen LogP contribution in [0.2, 0.25) is 0 Å². The highest BCUT2D eigenvalue weighted by Gasteiger charge is 2.33. The highest BCUT2D eigenvalue weighted by atomic mass is 16.5. The molecule has 1 fully saturated rings. The Morgan fingerprint density at radius 3 is 2.83 bits per heavy atom. The van der Waals surface area contributed by atoms with Gasteiger partial charge in [-0.05, 0) is 45.7 Å². The van der Waals surface area contributed by atoms with Crippen molar-refractivity contribution < 1.29 is 19.7 Å². The average molecular weight is 402 g/mol. The van der Waals surface area contributed by atoms with Crippen molar-refractivity contribution in [3.05, 3.63) is 23.4 Å². The second-order valence-electron chi connectivity index (χ2n) is 8.25. The summed E-state index contributed by atoms with van der Waals surface area (Å²) in [6.07, 6.45) is 4.71. The molecule has 29 heavy (non-hydrogen) atoms. The van der Waals surface area contributed by atoms with Crippen LogP contribution in [-0.4, -0.2) is 70.5 Å². The predicted molar refractivity (Wildman–Crippen MR) is 110 cm³/mol. The number of ether oxygens (including phenoxy) is 1. The molecule has 0 saturated heterocycles. The van der Waals surface area contributed by atoms with Crippen molar-refractivity contribution in [1.82, 2.24) is 15.2 Å². The lowest BCUT2D eigenvalue weighted by Gasteiger charge is -2.36. The van der Waals surface area contributed by atoms with Gasteiger partial charge in [-0.3, -0.25) is 4.79 Å². The molecule has 3 N–H and O–H groups in total.